The van der Waals surface area contributed by atoms with E-state index in [9.17, 15) is 4.79 Å². The van der Waals surface area contributed by atoms with Crippen molar-refractivity contribution in [3.8, 4) is 0 Å². The number of benzene rings is 1. The van der Waals surface area contributed by atoms with E-state index in [1.807, 2.05) is 30.3 Å². The fourth-order valence-corrected chi connectivity index (χ4v) is 1.63. The van der Waals surface area contributed by atoms with Gasteiger partial charge in [-0.2, -0.15) is 0 Å². The first-order valence-electron chi connectivity index (χ1n) is 5.97. The van der Waals surface area contributed by atoms with Crippen LogP contribution in [0.1, 0.15) is 31.2 Å². The number of carbonyl (C=O) groups is 1. The number of hydrogen-bond acceptors (Lipinski definition) is 3. The minimum absolute atomic E-state index is 0.285. The largest absolute Gasteiger partial charge is 0.465 e. The highest BCUT2D eigenvalue weighted by Gasteiger charge is 2.25. The Bertz CT molecular complexity index is 335. The highest BCUT2D eigenvalue weighted by molar-refractivity contribution is 5.79. The summed E-state index contributed by atoms with van der Waals surface area (Å²) in [7, 11) is 0. The molecule has 0 aliphatic rings. The Hall–Kier alpha value is -1.35. The molecular formula is C14H20NO2. The van der Waals surface area contributed by atoms with E-state index in [1.165, 1.54) is 0 Å². The molecule has 0 spiro atoms. The fraction of sp³-hybridized carbons (Fsp3) is 0.429. The van der Waals surface area contributed by atoms with Crippen molar-refractivity contribution in [2.75, 3.05) is 6.61 Å². The monoisotopic (exact) mass is 234 g/mol. The first-order chi connectivity index (χ1) is 8.16. The molecule has 0 aliphatic carbocycles. The molecule has 1 radical (unpaired) electrons. The number of nitrogens with two attached hydrogens (primary N) is 1. The van der Waals surface area contributed by atoms with Crippen molar-refractivity contribution in [1.29, 1.82) is 0 Å². The summed E-state index contributed by atoms with van der Waals surface area (Å²) in [5, 5.41) is 0. The van der Waals surface area contributed by atoms with Crippen LogP contribution < -0.4 is 5.73 Å². The van der Waals surface area contributed by atoms with Crippen molar-refractivity contribution in [3.63, 3.8) is 0 Å². The highest BCUT2D eigenvalue weighted by Crippen LogP contribution is 2.20. The van der Waals surface area contributed by atoms with Crippen LogP contribution in [-0.4, -0.2) is 18.6 Å². The van der Waals surface area contributed by atoms with Crippen molar-refractivity contribution in [1.82, 2.24) is 0 Å². The smallest absolute Gasteiger partial charge is 0.315 e. The predicted molar refractivity (Wildman–Crippen MR) is 68.4 cm³/mol. The second kappa shape index (κ2) is 7.07. The molecule has 0 fully saturated rings. The number of unbranched alkanes of at least 4 members (excludes halogenated alkanes) is 1. The Balaban J connectivity index is 2.70. The van der Waals surface area contributed by atoms with Crippen molar-refractivity contribution in [2.45, 2.75) is 31.7 Å². The van der Waals surface area contributed by atoms with Gasteiger partial charge in [-0.1, -0.05) is 43.7 Å². The van der Waals surface area contributed by atoms with Crippen molar-refractivity contribution < 1.29 is 9.53 Å². The Morgan fingerprint density at radius 1 is 1.41 bits per heavy atom. The standard InChI is InChI=1S/C14H20NO2/c1-3-4-10-17-14(16)13(11(2)15)12-8-6-5-7-9-12/h5-9,11,13H,2-4,10,15H2,1H3. The zero-order chi connectivity index (χ0) is 12.7. The Kier molecular flexibility index (Phi) is 5.70. The molecule has 1 aromatic carbocycles. The van der Waals surface area contributed by atoms with Crippen LogP contribution in [0.3, 0.4) is 0 Å². The van der Waals surface area contributed by atoms with Gasteiger partial charge >= 0.3 is 5.97 Å². The molecule has 0 saturated carbocycles. The topological polar surface area (TPSA) is 52.3 Å². The first-order valence-corrected chi connectivity index (χ1v) is 5.97. The van der Waals surface area contributed by atoms with Crippen LogP contribution in [0.15, 0.2) is 30.3 Å². The molecule has 3 heteroatoms. The van der Waals surface area contributed by atoms with E-state index in [4.69, 9.17) is 10.5 Å². The molecule has 0 amide bonds. The molecule has 2 N–H and O–H groups in total. The van der Waals surface area contributed by atoms with Crippen molar-refractivity contribution >= 4 is 5.97 Å². The molecule has 93 valence electrons. The lowest BCUT2D eigenvalue weighted by Crippen LogP contribution is -2.32. The summed E-state index contributed by atoms with van der Waals surface area (Å²) in [5.41, 5.74) is 6.62. The normalized spacial score (nSPS) is 14.1. The molecule has 17 heavy (non-hydrogen) atoms. The third-order valence-electron chi connectivity index (χ3n) is 2.58. The summed E-state index contributed by atoms with van der Waals surface area (Å²) in [4.78, 5) is 11.9. The zero-order valence-corrected chi connectivity index (χ0v) is 10.3. The minimum atomic E-state index is -0.494. The lowest BCUT2D eigenvalue weighted by atomic mass is 9.93. The van der Waals surface area contributed by atoms with Crippen LogP contribution >= 0.6 is 0 Å². The van der Waals surface area contributed by atoms with Gasteiger partial charge < -0.3 is 10.5 Å². The average Bonchev–Trinajstić information content (AvgIpc) is 2.30. The maximum atomic E-state index is 11.9. The lowest BCUT2D eigenvalue weighted by molar-refractivity contribution is -0.145. The lowest BCUT2D eigenvalue weighted by Gasteiger charge is -2.19. The minimum Gasteiger partial charge on any atom is -0.465 e. The van der Waals surface area contributed by atoms with Gasteiger partial charge in [-0.05, 0) is 18.9 Å². The molecular weight excluding hydrogens is 214 g/mol. The number of carbonyl (C=O) groups excluding carboxylic acids is 1. The van der Waals surface area contributed by atoms with Gasteiger partial charge in [0, 0.05) is 6.04 Å². The van der Waals surface area contributed by atoms with Gasteiger partial charge in [0.05, 0.1) is 12.5 Å². The van der Waals surface area contributed by atoms with E-state index < -0.39 is 12.0 Å². The van der Waals surface area contributed by atoms with Crippen LogP contribution in [0.25, 0.3) is 0 Å². The van der Waals surface area contributed by atoms with E-state index >= 15 is 0 Å². The molecule has 0 saturated heterocycles. The SMILES string of the molecule is [CH2]C(N)C(C(=O)OCCCC)c1ccccc1. The number of hydrogen-bond donors (Lipinski definition) is 1. The molecule has 2 atom stereocenters. The Morgan fingerprint density at radius 3 is 2.59 bits per heavy atom. The van der Waals surface area contributed by atoms with Crippen LogP contribution in [0.5, 0.6) is 0 Å². The first kappa shape index (κ1) is 13.7. The summed E-state index contributed by atoms with van der Waals surface area (Å²) >= 11 is 0. The van der Waals surface area contributed by atoms with Gasteiger partial charge in [-0.3, -0.25) is 4.79 Å². The van der Waals surface area contributed by atoms with Gasteiger partial charge in [0.15, 0.2) is 0 Å². The maximum Gasteiger partial charge on any atom is 0.315 e. The van der Waals surface area contributed by atoms with E-state index in [2.05, 4.69) is 13.8 Å². The molecule has 0 aromatic heterocycles. The molecule has 1 rings (SSSR count). The summed E-state index contributed by atoms with van der Waals surface area (Å²) in [6.45, 7) is 6.24. The maximum absolute atomic E-state index is 11.9. The third kappa shape index (κ3) is 4.19. The molecule has 0 heterocycles. The quantitative estimate of drug-likeness (QED) is 0.607. The number of esters is 1. The second-order valence-electron chi connectivity index (χ2n) is 4.07. The van der Waals surface area contributed by atoms with E-state index in [0.29, 0.717) is 6.61 Å². The zero-order valence-electron chi connectivity index (χ0n) is 10.3. The Labute approximate surface area is 103 Å². The number of ether oxygens (including phenoxy) is 1. The van der Waals surface area contributed by atoms with Crippen molar-refractivity contribution in [3.05, 3.63) is 42.8 Å². The second-order valence-corrected chi connectivity index (χ2v) is 4.07. The number of rotatable bonds is 6. The molecule has 0 aliphatic heterocycles. The molecule has 0 bridgehead atoms. The van der Waals surface area contributed by atoms with Gasteiger partial charge in [0.1, 0.15) is 0 Å². The van der Waals surface area contributed by atoms with Crippen LogP contribution in [0.4, 0.5) is 0 Å². The van der Waals surface area contributed by atoms with E-state index in [1.54, 1.807) is 0 Å². The van der Waals surface area contributed by atoms with E-state index in [-0.39, 0.29) is 5.97 Å². The summed E-state index contributed by atoms with van der Waals surface area (Å²) in [5.74, 6) is -0.764. The molecule has 1 aromatic rings. The Morgan fingerprint density at radius 2 is 2.06 bits per heavy atom. The molecule has 2 unspecified atom stereocenters. The summed E-state index contributed by atoms with van der Waals surface area (Å²) < 4.78 is 5.20. The van der Waals surface area contributed by atoms with Crippen LogP contribution in [-0.2, 0) is 9.53 Å². The summed E-state index contributed by atoms with van der Waals surface area (Å²) in [6, 6.07) is 8.91. The molecule has 3 nitrogen and oxygen atoms in total. The van der Waals surface area contributed by atoms with Gasteiger partial charge in [0.25, 0.3) is 0 Å². The van der Waals surface area contributed by atoms with Gasteiger partial charge in [0.2, 0.25) is 0 Å². The van der Waals surface area contributed by atoms with Crippen LogP contribution in [0, 0.1) is 6.92 Å². The van der Waals surface area contributed by atoms with E-state index in [0.717, 1.165) is 18.4 Å². The fourth-order valence-electron chi connectivity index (χ4n) is 1.63. The van der Waals surface area contributed by atoms with Gasteiger partial charge in [-0.15, -0.1) is 0 Å². The van der Waals surface area contributed by atoms with Gasteiger partial charge in [-0.25, -0.2) is 0 Å². The highest BCUT2D eigenvalue weighted by atomic mass is 16.5. The summed E-state index contributed by atoms with van der Waals surface area (Å²) in [6.07, 6.45) is 1.87. The predicted octanol–water partition coefficient (Wildman–Crippen LogP) is 2.27. The third-order valence-corrected chi connectivity index (χ3v) is 2.58. The van der Waals surface area contributed by atoms with Crippen molar-refractivity contribution in [2.24, 2.45) is 5.73 Å². The van der Waals surface area contributed by atoms with Crippen LogP contribution in [0.2, 0.25) is 0 Å². The average molecular weight is 234 g/mol.